The first-order chi connectivity index (χ1) is 22.7. The van der Waals surface area contributed by atoms with E-state index in [1.54, 1.807) is 42.5 Å². The van der Waals surface area contributed by atoms with Gasteiger partial charge in [0.1, 0.15) is 15.4 Å². The molecular formula is C26H27Cl3N14O2S2. The number of amidine groups is 1. The van der Waals surface area contributed by atoms with Crippen molar-refractivity contribution in [1.82, 2.24) is 40.7 Å². The number of thiazole rings is 1. The summed E-state index contributed by atoms with van der Waals surface area (Å²) >= 11 is 19.9. The van der Waals surface area contributed by atoms with Crippen molar-refractivity contribution in [2.24, 2.45) is 15.1 Å². The highest BCUT2D eigenvalue weighted by Crippen LogP contribution is 2.20. The van der Waals surface area contributed by atoms with Crippen molar-refractivity contribution < 1.29 is 5.03 Å². The van der Waals surface area contributed by atoms with Crippen LogP contribution in [0.5, 0.6) is 0 Å². The third kappa shape index (κ3) is 13.4. The van der Waals surface area contributed by atoms with Gasteiger partial charge in [0.2, 0.25) is 12.2 Å². The minimum atomic E-state index is -0.779. The highest BCUT2D eigenvalue weighted by atomic mass is 35.5. The molecule has 0 amide bonds. The van der Waals surface area contributed by atoms with Gasteiger partial charge in [0, 0.05) is 62.4 Å². The van der Waals surface area contributed by atoms with Gasteiger partial charge in [-0.15, -0.1) is 16.3 Å². The highest BCUT2D eigenvalue weighted by molar-refractivity contribution is 8.14. The number of rotatable bonds is 7. The van der Waals surface area contributed by atoms with E-state index in [1.165, 1.54) is 18.4 Å². The summed E-state index contributed by atoms with van der Waals surface area (Å²) in [6, 6.07) is 7.36. The number of halogens is 3. The van der Waals surface area contributed by atoms with Gasteiger partial charge in [-0.1, -0.05) is 58.7 Å². The largest absolute Gasteiger partial charge is 0.354 e. The molecule has 5 rings (SSSR count). The molecule has 0 spiro atoms. The fourth-order valence-corrected chi connectivity index (χ4v) is 5.84. The molecule has 0 bridgehead atoms. The van der Waals surface area contributed by atoms with E-state index in [9.17, 15) is 10.1 Å². The van der Waals surface area contributed by atoms with Crippen LogP contribution in [0.2, 0.25) is 14.8 Å². The van der Waals surface area contributed by atoms with Crippen LogP contribution in [-0.4, -0.2) is 79.3 Å². The second-order valence-electron chi connectivity index (χ2n) is 8.98. The molecule has 0 aromatic carbocycles. The summed E-state index contributed by atoms with van der Waals surface area (Å²) in [5, 5.41) is 39.1. The van der Waals surface area contributed by atoms with E-state index < -0.39 is 5.03 Å². The molecule has 3 aromatic rings. The van der Waals surface area contributed by atoms with Crippen molar-refractivity contribution >= 4 is 75.0 Å². The molecule has 0 atom stereocenters. The number of nitriles is 2. The van der Waals surface area contributed by atoms with Gasteiger partial charge in [-0.2, -0.15) is 10.5 Å². The van der Waals surface area contributed by atoms with E-state index >= 15 is 0 Å². The molecule has 3 aromatic heterocycles. The topological polar surface area (TPSA) is 209 Å². The predicted octanol–water partition coefficient (Wildman–Crippen LogP) is 3.75. The Kier molecular flexibility index (Phi) is 15.7. The molecule has 0 aliphatic carbocycles. The first-order valence-electron chi connectivity index (χ1n) is 13.5. The van der Waals surface area contributed by atoms with Crippen molar-refractivity contribution in [3.05, 3.63) is 83.7 Å². The maximum absolute atomic E-state index is 10.1. The van der Waals surface area contributed by atoms with Crippen LogP contribution in [0, 0.1) is 33.0 Å². The molecule has 0 radical (unpaired) electrons. The normalized spacial score (nSPS) is 14.6. The van der Waals surface area contributed by atoms with E-state index in [2.05, 4.69) is 50.9 Å². The number of pyridine rings is 2. The van der Waals surface area contributed by atoms with Crippen LogP contribution in [0.25, 0.3) is 0 Å². The molecule has 1 fully saturated rings. The molecule has 1 saturated heterocycles. The lowest BCUT2D eigenvalue weighted by atomic mass is 10.3. The van der Waals surface area contributed by atoms with E-state index in [0.717, 1.165) is 46.6 Å². The molecule has 16 nitrogen and oxygen atoms in total. The average Bonchev–Trinajstić information content (AvgIpc) is 3.80. The van der Waals surface area contributed by atoms with Crippen molar-refractivity contribution in [1.29, 1.82) is 10.5 Å². The van der Waals surface area contributed by atoms with Crippen LogP contribution in [0.4, 0.5) is 0 Å². The lowest BCUT2D eigenvalue weighted by Gasteiger charge is -2.18. The van der Waals surface area contributed by atoms with Gasteiger partial charge >= 0.3 is 0 Å². The van der Waals surface area contributed by atoms with E-state index in [0.29, 0.717) is 40.4 Å². The Morgan fingerprint density at radius 2 is 1.72 bits per heavy atom. The number of aromatic nitrogens is 3. The average molecular weight is 738 g/mol. The summed E-state index contributed by atoms with van der Waals surface area (Å²) in [5.41, 5.74) is 2.11. The zero-order valence-electron chi connectivity index (χ0n) is 24.7. The minimum absolute atomic E-state index is 0.0875. The fraction of sp³-hybridized carbons (Fsp3) is 0.308. The first-order valence-corrected chi connectivity index (χ1v) is 16.4. The zero-order chi connectivity index (χ0) is 34.0. The van der Waals surface area contributed by atoms with Crippen molar-refractivity contribution in [3.8, 4) is 12.4 Å². The molecule has 5 heterocycles. The lowest BCUT2D eigenvalue weighted by Crippen LogP contribution is -2.35. The number of nitro groups is 1. The van der Waals surface area contributed by atoms with Crippen LogP contribution >= 0.6 is 57.9 Å². The minimum Gasteiger partial charge on any atom is -0.354 e. The molecule has 2 aliphatic rings. The third-order valence-electron chi connectivity index (χ3n) is 5.81. The van der Waals surface area contributed by atoms with Gasteiger partial charge in [-0.25, -0.2) is 25.1 Å². The number of nitrogens with one attached hydrogen (secondary N) is 3. The molecule has 2 aliphatic heterocycles. The maximum Gasteiger partial charge on any atom is 0.268 e. The van der Waals surface area contributed by atoms with E-state index in [1.807, 2.05) is 29.4 Å². The van der Waals surface area contributed by atoms with Crippen LogP contribution < -0.4 is 16.0 Å². The quantitative estimate of drug-likeness (QED) is 0.0601. The Balaban J connectivity index is 0.000000192. The number of nitrogens with zero attached hydrogens (tertiary/aromatic N) is 11. The van der Waals surface area contributed by atoms with Gasteiger partial charge in [0.25, 0.3) is 5.96 Å². The molecule has 21 heteroatoms. The van der Waals surface area contributed by atoms with Gasteiger partial charge in [-0.05, 0) is 23.3 Å². The predicted molar refractivity (Wildman–Crippen MR) is 183 cm³/mol. The van der Waals surface area contributed by atoms with E-state index in [-0.39, 0.29) is 5.96 Å². The number of hydrogen-bond donors (Lipinski definition) is 3. The molecule has 3 N–H and O–H groups in total. The summed E-state index contributed by atoms with van der Waals surface area (Å²) < 4.78 is 0.434. The molecule has 246 valence electrons. The van der Waals surface area contributed by atoms with Crippen molar-refractivity contribution in [3.63, 3.8) is 0 Å². The highest BCUT2D eigenvalue weighted by Gasteiger charge is 2.19. The Morgan fingerprint density at radius 3 is 2.26 bits per heavy atom. The Bertz CT molecular complexity index is 1640. The van der Waals surface area contributed by atoms with Crippen molar-refractivity contribution in [2.75, 3.05) is 32.4 Å². The van der Waals surface area contributed by atoms with Gasteiger partial charge < -0.3 is 20.4 Å². The summed E-state index contributed by atoms with van der Waals surface area (Å²) in [4.78, 5) is 34.8. The summed E-state index contributed by atoms with van der Waals surface area (Å²) in [6.07, 6.45) is 8.77. The first kappa shape index (κ1) is 37.0. The molecule has 47 heavy (non-hydrogen) atoms. The molecular weight excluding hydrogens is 711 g/mol. The SMILES string of the molecule is CN/C(=N\[N+](=O)[O-])NCc1cnc(Cl)s1.N#CN=C1SCCN1Cc1ccc(Cl)nc1.N#CNC1=NCCN1Cc1ccc(Cl)nc1. The summed E-state index contributed by atoms with van der Waals surface area (Å²) in [6.45, 7) is 4.22. The zero-order valence-corrected chi connectivity index (χ0v) is 28.6. The monoisotopic (exact) mass is 736 g/mol. The van der Waals surface area contributed by atoms with Gasteiger partial charge in [0.15, 0.2) is 20.9 Å². The van der Waals surface area contributed by atoms with Gasteiger partial charge in [0.05, 0.1) is 13.1 Å². The van der Waals surface area contributed by atoms with Gasteiger partial charge in [-0.3, -0.25) is 10.3 Å². The Labute approximate surface area is 293 Å². The molecule has 0 saturated carbocycles. The standard InChI is InChI=1S/C10H10ClN5.C10H9ClN4S.C6H8ClN5O2S/c11-9-2-1-8(5-14-9)6-16-4-3-13-10(16)15-7-12;11-9-2-1-8(5-13-9)6-15-3-4-16-10(15)14-7-12;1-8-6(11-12(13)14)10-3-4-2-9-5(7)15-4/h1-2,5H,3-4,6H2,(H,13,15);1-2,5H,3-4,6H2;2H,3H2,1H3,(H2,8,10,11). The second-order valence-corrected chi connectivity index (χ2v) is 12.5. The van der Waals surface area contributed by atoms with Crippen LogP contribution in [0.1, 0.15) is 16.0 Å². The molecule has 0 unspecified atom stereocenters. The maximum atomic E-state index is 10.1. The van der Waals surface area contributed by atoms with Crippen LogP contribution in [0.3, 0.4) is 0 Å². The number of thioether (sulfide) groups is 1. The Morgan fingerprint density at radius 1 is 1.04 bits per heavy atom. The smallest absolute Gasteiger partial charge is 0.268 e. The summed E-state index contributed by atoms with van der Waals surface area (Å²) in [7, 11) is 1.54. The lowest BCUT2D eigenvalue weighted by molar-refractivity contribution is -0.485. The third-order valence-corrected chi connectivity index (χ3v) is 8.36. The fourth-order valence-electron chi connectivity index (χ4n) is 3.76. The summed E-state index contributed by atoms with van der Waals surface area (Å²) in [5.74, 6) is 1.68. The number of hydrazone groups is 1. The van der Waals surface area contributed by atoms with Crippen LogP contribution in [-0.2, 0) is 19.6 Å². The van der Waals surface area contributed by atoms with Crippen molar-refractivity contribution in [2.45, 2.75) is 19.6 Å². The second kappa shape index (κ2) is 19.9. The Hall–Kier alpha value is -4.46. The van der Waals surface area contributed by atoms with E-state index in [4.69, 9.17) is 45.3 Å². The number of guanidine groups is 2. The van der Waals surface area contributed by atoms with Crippen LogP contribution in [0.15, 0.2) is 57.9 Å². The number of hydrogen-bond acceptors (Lipinski definition) is 13. The number of aliphatic imine (C=N–C) groups is 2.